The van der Waals surface area contributed by atoms with E-state index in [1.54, 1.807) is 13.8 Å². The Labute approximate surface area is 319 Å². The smallest absolute Gasteiger partial charge is 1.00 e. The molecular weight excluding hydrogens is 701 g/mol. The first-order chi connectivity index (χ1) is 12.3. The summed E-state index contributed by atoms with van der Waals surface area (Å²) >= 11 is 3.73. The van der Waals surface area contributed by atoms with Crippen molar-refractivity contribution in [1.29, 1.82) is 0.594 Å². The van der Waals surface area contributed by atoms with E-state index in [0.717, 1.165) is 0 Å². The molecule has 0 aromatic carbocycles. The maximum atomic E-state index is 6.32. The van der Waals surface area contributed by atoms with E-state index in [-0.39, 0.29) is 176 Å². The van der Waals surface area contributed by atoms with Gasteiger partial charge in [-0.1, -0.05) is 172 Å². The molecule has 0 nitrogen and oxygen atoms in total. The molecule has 0 aromatic rings. The standard InChI is InChI=1S/C20H6.CH4I.20CH4.FH.HPS/c1-3-5-7-9-11-13-15-17-19-20-18-16-14-12-10-8-6-4-2;1-2;;;;;;;;;;;;;;;;;;;;;;1-2/h1-2H3;2H,1H3;20*1H4;1H;1H/q;-1;;;;;;;;;;;;;;;;;;;;;;/p-1/i;2T;;;;;;;;;;;;;;;;;;;;;;. The third kappa shape index (κ3) is 314. The molecule has 0 N–H and O–H groups in total. The van der Waals surface area contributed by atoms with Crippen molar-refractivity contribution >= 4 is 19.8 Å². The van der Waals surface area contributed by atoms with Gasteiger partial charge in [-0.25, -0.2) is 0 Å². The molecule has 0 aliphatic heterocycles. The van der Waals surface area contributed by atoms with Crippen molar-refractivity contribution in [3.05, 3.63) is 0 Å². The Bertz CT molecular complexity index is 886. The molecule has 0 atom stereocenters. The molecule has 0 radical (unpaired) electrons. The van der Waals surface area contributed by atoms with Gasteiger partial charge in [-0.15, -0.1) is 0 Å². The Morgan fingerprint density at radius 2 is 0.400 bits per heavy atom. The van der Waals surface area contributed by atoms with Crippen LogP contribution in [0.15, 0.2) is 0 Å². The number of hydrogen-bond donors (Lipinski definition) is 0. The normalized spacial score (nSPS) is 2.33. The molecule has 4 heteroatoms. The van der Waals surface area contributed by atoms with Crippen LogP contribution in [0.3, 0.4) is 0 Å². The van der Waals surface area contributed by atoms with Crippen LogP contribution >= 0.6 is 8.02 Å². The minimum Gasteiger partial charge on any atom is -1.00 e. The van der Waals surface area contributed by atoms with Crippen LogP contribution in [-0.2, 0) is 11.8 Å². The van der Waals surface area contributed by atoms with Crippen LogP contribution in [-0.4, -0.2) is 5.52 Å². The van der Waals surface area contributed by atoms with Gasteiger partial charge < -0.3 is 4.70 Å². The van der Waals surface area contributed by atoms with Crippen molar-refractivity contribution in [2.75, 3.05) is 4.93 Å². The van der Waals surface area contributed by atoms with Crippen molar-refractivity contribution in [2.45, 2.75) is 162 Å². The van der Waals surface area contributed by atoms with E-state index in [1.807, 2.05) is 4.93 Å². The zero-order valence-corrected chi connectivity index (χ0v) is 17.6. The maximum absolute atomic E-state index is 6.32. The number of halogens is 2. The summed E-state index contributed by atoms with van der Waals surface area (Å²) < 4.78 is 6.32. The summed E-state index contributed by atoms with van der Waals surface area (Å²) in [6, 6.07) is 0. The van der Waals surface area contributed by atoms with E-state index in [9.17, 15) is 0 Å². The summed E-state index contributed by atoms with van der Waals surface area (Å²) in [6.07, 6.45) is 0. The summed E-state index contributed by atoms with van der Waals surface area (Å²) in [5.74, 6) is 45.6. The molecule has 0 spiro atoms. The van der Waals surface area contributed by atoms with Crippen molar-refractivity contribution in [3.63, 3.8) is 0 Å². The van der Waals surface area contributed by atoms with Crippen LogP contribution in [0.5, 0.6) is 0 Å². The molecule has 0 rings (SSSR count). The molecule has 0 heterocycles. The molecule has 0 saturated carbocycles. The average molecular weight is 795 g/mol. The molecule has 0 unspecified atom stereocenters. The fourth-order valence-electron chi connectivity index (χ4n) is 0.562. The van der Waals surface area contributed by atoms with E-state index < -0.39 is 0 Å². The van der Waals surface area contributed by atoms with Gasteiger partial charge in [0.15, 0.2) is 0 Å². The van der Waals surface area contributed by atoms with Crippen molar-refractivity contribution < 1.29 is 27.1 Å². The first kappa shape index (κ1) is 194. The van der Waals surface area contributed by atoms with Gasteiger partial charge in [0.1, 0.15) is 0 Å². The van der Waals surface area contributed by atoms with Crippen LogP contribution in [0, 0.1) is 107 Å². The van der Waals surface area contributed by atoms with E-state index >= 15 is 0 Å². The summed E-state index contributed by atoms with van der Waals surface area (Å²) in [5.41, 5.74) is 0. The quantitative estimate of drug-likeness (QED) is 0.103. The van der Waals surface area contributed by atoms with Crippen LogP contribution < -0.4 is 27.1 Å². The first-order valence-electron chi connectivity index (χ1n) is 6.21. The molecule has 0 aliphatic rings. The van der Waals surface area contributed by atoms with Crippen LogP contribution in [0.4, 0.5) is 0 Å². The van der Waals surface area contributed by atoms with E-state index in [1.165, 1.54) is 0 Å². The Hall–Kier alpha value is -2.78. The van der Waals surface area contributed by atoms with Gasteiger partial charge in [0, 0.05) is 0 Å². The SMILES string of the molecule is C.C.C.C.C.C.C.C.C.C.C.C.C.C.C.C.C.C.C.C.CC#CC#CC#CC#CC#CC#CC#CC#CC#CC.P=S.[3H][I-]C.[F-]. The van der Waals surface area contributed by atoms with Gasteiger partial charge in [0.2, 0.25) is 0 Å². The molecule has 0 bridgehead atoms. The van der Waals surface area contributed by atoms with E-state index in [4.69, 9.17) is 0.594 Å². The Balaban J connectivity index is -0.00000000800. The monoisotopic (exact) mass is 795 g/mol. The zero-order valence-electron chi connectivity index (χ0n) is 14.7. The molecule has 0 saturated heterocycles. The summed E-state index contributed by atoms with van der Waals surface area (Å²) in [4.78, 5) is 1.90. The second-order valence-corrected chi connectivity index (χ2v) is 2.50. The largest absolute Gasteiger partial charge is 1.00 e. The van der Waals surface area contributed by atoms with Gasteiger partial charge in [0.25, 0.3) is 0 Å². The molecule has 45 heavy (non-hydrogen) atoms. The Kier molecular flexibility index (Phi) is 1240. The van der Waals surface area contributed by atoms with Gasteiger partial charge >= 0.3 is 27.9 Å². The first-order valence-corrected chi connectivity index (χ1v) is 9.62. The van der Waals surface area contributed by atoms with Gasteiger partial charge in [-0.3, -0.25) is 0 Å². The third-order valence-corrected chi connectivity index (χ3v) is 1.19. The minimum absolute atomic E-state index is 0. The molecule has 0 aliphatic carbocycles. The van der Waals surface area contributed by atoms with Crippen LogP contribution in [0.2, 0.25) is 0 Å². The Morgan fingerprint density at radius 3 is 0.467 bits per heavy atom. The van der Waals surface area contributed by atoms with Crippen LogP contribution in [0.1, 0.15) is 162 Å². The van der Waals surface area contributed by atoms with Gasteiger partial charge in [0.05, 0.1) is 0 Å². The minimum atomic E-state index is -0.160. The van der Waals surface area contributed by atoms with Crippen molar-refractivity contribution in [2.24, 2.45) is 0 Å². The van der Waals surface area contributed by atoms with E-state index in [2.05, 4.69) is 126 Å². The third-order valence-electron chi connectivity index (χ3n) is 1.19. The molecule has 0 fully saturated rings. The number of alkyl halides is 1. The maximum Gasteiger partial charge on any atom is -1.00 e. The molecule has 0 aromatic heterocycles. The Morgan fingerprint density at radius 1 is 0.333 bits per heavy atom. The summed E-state index contributed by atoms with van der Waals surface area (Å²) in [7, 11) is 2.56. The van der Waals surface area contributed by atoms with E-state index in [0.29, 0.717) is 0 Å². The number of rotatable bonds is 0. The summed E-state index contributed by atoms with van der Waals surface area (Å²) in [5, 5.41) is 0. The van der Waals surface area contributed by atoms with Crippen molar-refractivity contribution in [3.8, 4) is 107 Å². The second-order valence-electron chi connectivity index (χ2n) is 2.50. The van der Waals surface area contributed by atoms with Gasteiger partial charge in [-0.05, 0) is 117 Å². The van der Waals surface area contributed by atoms with Crippen LogP contribution in [0.25, 0.3) is 0 Å². The predicted octanol–water partition coefficient (Wildman–Crippen LogP) is 8.28. The topological polar surface area (TPSA) is 0 Å². The molecule has 282 valence electrons. The van der Waals surface area contributed by atoms with Gasteiger partial charge in [-0.2, -0.15) is 0 Å². The summed E-state index contributed by atoms with van der Waals surface area (Å²) in [6.45, 7) is 3.41. The number of hydrogen-bond acceptors (Lipinski definition) is 1. The average Bonchev–Trinajstić information content (AvgIpc) is 2.64. The van der Waals surface area contributed by atoms with Crippen molar-refractivity contribution in [1.82, 2.24) is 0 Å². The second kappa shape index (κ2) is 288. The molecular formula is C41H91FIPS-2. The predicted molar refractivity (Wildman–Crippen MR) is 239 cm³/mol. The molecule has 0 amide bonds. The zero-order chi connectivity index (χ0) is 19.4. The fourth-order valence-corrected chi connectivity index (χ4v) is 0.562. The fraction of sp³-hybridized carbons (Fsp3) is 0.561.